The summed E-state index contributed by atoms with van der Waals surface area (Å²) >= 11 is 0. The Bertz CT molecular complexity index is 171. The van der Waals surface area contributed by atoms with E-state index < -0.39 is 0 Å². The van der Waals surface area contributed by atoms with E-state index in [-0.39, 0.29) is 5.92 Å². The summed E-state index contributed by atoms with van der Waals surface area (Å²) in [4.78, 5) is 11.2. The Morgan fingerprint density at radius 3 is 1.91 bits per heavy atom. The molecule has 0 bridgehead atoms. The third-order valence-electron chi connectivity index (χ3n) is 1.94. The molecular formula is C10H18O. The van der Waals surface area contributed by atoms with Gasteiger partial charge < -0.3 is 0 Å². The Morgan fingerprint density at radius 1 is 1.18 bits per heavy atom. The van der Waals surface area contributed by atoms with E-state index in [1.807, 2.05) is 34.6 Å². The highest BCUT2D eigenvalue weighted by Gasteiger charge is 2.07. The molecule has 0 spiro atoms. The molecule has 0 aromatic rings. The van der Waals surface area contributed by atoms with Crippen molar-refractivity contribution in [1.82, 2.24) is 0 Å². The van der Waals surface area contributed by atoms with Crippen LogP contribution in [0.4, 0.5) is 0 Å². The van der Waals surface area contributed by atoms with Gasteiger partial charge in [0.2, 0.25) is 0 Å². The lowest BCUT2D eigenvalue weighted by Gasteiger charge is -2.05. The van der Waals surface area contributed by atoms with Crippen molar-refractivity contribution in [3.8, 4) is 0 Å². The van der Waals surface area contributed by atoms with Crippen LogP contribution in [0.2, 0.25) is 0 Å². The Morgan fingerprint density at radius 2 is 1.64 bits per heavy atom. The lowest BCUT2D eigenvalue weighted by atomic mass is 10.00. The molecule has 11 heavy (non-hydrogen) atoms. The molecule has 0 N–H and O–H groups in total. The fraction of sp³-hybridized carbons (Fsp3) is 0.700. The molecular weight excluding hydrogens is 136 g/mol. The van der Waals surface area contributed by atoms with Gasteiger partial charge in [0.15, 0.2) is 0 Å². The number of ketones is 1. The monoisotopic (exact) mass is 154 g/mol. The molecule has 64 valence electrons. The number of hydrogen-bond donors (Lipinski definition) is 0. The highest BCUT2D eigenvalue weighted by atomic mass is 16.1. The minimum atomic E-state index is 0.171. The highest BCUT2D eigenvalue weighted by Crippen LogP contribution is 2.10. The van der Waals surface area contributed by atoms with Crippen LogP contribution >= 0.6 is 0 Å². The van der Waals surface area contributed by atoms with Crippen molar-refractivity contribution in [2.45, 2.75) is 41.0 Å². The molecule has 0 heterocycles. The van der Waals surface area contributed by atoms with Crippen molar-refractivity contribution in [3.05, 3.63) is 11.1 Å². The molecule has 0 saturated carbocycles. The zero-order valence-electron chi connectivity index (χ0n) is 8.19. The maximum Gasteiger partial charge on any atom is 0.139 e. The summed E-state index contributed by atoms with van der Waals surface area (Å²) in [5.41, 5.74) is 2.47. The molecule has 0 saturated heterocycles. The van der Waals surface area contributed by atoms with E-state index in [0.29, 0.717) is 12.2 Å². The van der Waals surface area contributed by atoms with Gasteiger partial charge in [-0.25, -0.2) is 0 Å². The third kappa shape index (κ3) is 3.97. The topological polar surface area (TPSA) is 17.1 Å². The van der Waals surface area contributed by atoms with Gasteiger partial charge in [-0.05, 0) is 20.8 Å². The van der Waals surface area contributed by atoms with Crippen LogP contribution in [0.5, 0.6) is 0 Å². The number of Topliss-reactive ketones (excluding diaryl/α,β-unsaturated/α-hetero) is 1. The summed E-state index contributed by atoms with van der Waals surface area (Å²) in [5, 5.41) is 0. The first-order valence-corrected chi connectivity index (χ1v) is 4.10. The second kappa shape index (κ2) is 4.32. The van der Waals surface area contributed by atoms with Gasteiger partial charge >= 0.3 is 0 Å². The van der Waals surface area contributed by atoms with Crippen molar-refractivity contribution in [3.63, 3.8) is 0 Å². The Hall–Kier alpha value is -0.590. The van der Waals surface area contributed by atoms with E-state index in [4.69, 9.17) is 0 Å². The number of allylic oxidation sites excluding steroid dienone is 2. The molecule has 1 heteroatoms. The molecule has 0 aliphatic heterocycles. The summed E-state index contributed by atoms with van der Waals surface area (Å²) in [6, 6.07) is 0. The highest BCUT2D eigenvalue weighted by molar-refractivity contribution is 5.82. The van der Waals surface area contributed by atoms with Gasteiger partial charge in [0.1, 0.15) is 5.78 Å². The summed E-state index contributed by atoms with van der Waals surface area (Å²) < 4.78 is 0. The van der Waals surface area contributed by atoms with Crippen LogP contribution in [0.3, 0.4) is 0 Å². The van der Waals surface area contributed by atoms with E-state index in [0.717, 1.165) is 0 Å². The van der Waals surface area contributed by atoms with E-state index in [2.05, 4.69) is 0 Å². The molecule has 0 unspecified atom stereocenters. The number of hydrogen-bond acceptors (Lipinski definition) is 1. The summed E-state index contributed by atoms with van der Waals surface area (Å²) in [7, 11) is 0. The van der Waals surface area contributed by atoms with Gasteiger partial charge in [0.05, 0.1) is 0 Å². The normalized spacial score (nSPS) is 10.0. The maximum atomic E-state index is 11.2. The van der Waals surface area contributed by atoms with Gasteiger partial charge in [0, 0.05) is 12.3 Å². The van der Waals surface area contributed by atoms with Crippen molar-refractivity contribution in [2.75, 3.05) is 0 Å². The van der Waals surface area contributed by atoms with Gasteiger partial charge in [-0.1, -0.05) is 25.0 Å². The Kier molecular flexibility index (Phi) is 4.09. The summed E-state index contributed by atoms with van der Waals surface area (Å²) in [6.45, 7) is 10.0. The predicted molar refractivity (Wildman–Crippen MR) is 48.5 cm³/mol. The van der Waals surface area contributed by atoms with Gasteiger partial charge in [-0.3, -0.25) is 4.79 Å². The van der Waals surface area contributed by atoms with E-state index in [1.165, 1.54) is 11.1 Å². The van der Waals surface area contributed by atoms with Crippen LogP contribution in [-0.2, 0) is 4.79 Å². The van der Waals surface area contributed by atoms with Gasteiger partial charge in [-0.2, -0.15) is 0 Å². The molecule has 0 amide bonds. The van der Waals surface area contributed by atoms with E-state index >= 15 is 0 Å². The molecule has 0 atom stereocenters. The third-order valence-corrected chi connectivity index (χ3v) is 1.94. The minimum Gasteiger partial charge on any atom is -0.299 e. The number of carbonyl (C=O) groups is 1. The molecule has 0 radical (unpaired) electrons. The first-order valence-electron chi connectivity index (χ1n) is 4.10. The zero-order chi connectivity index (χ0) is 9.02. The zero-order valence-corrected chi connectivity index (χ0v) is 8.19. The maximum absolute atomic E-state index is 11.2. The second-order valence-electron chi connectivity index (χ2n) is 3.58. The minimum absolute atomic E-state index is 0.171. The lowest BCUT2D eigenvalue weighted by Crippen LogP contribution is -2.07. The average molecular weight is 154 g/mol. The van der Waals surface area contributed by atoms with Crippen molar-refractivity contribution < 1.29 is 4.79 Å². The lowest BCUT2D eigenvalue weighted by molar-refractivity contribution is -0.121. The van der Waals surface area contributed by atoms with Gasteiger partial charge in [0.25, 0.3) is 0 Å². The molecule has 0 aliphatic carbocycles. The molecule has 0 aromatic carbocycles. The van der Waals surface area contributed by atoms with Crippen LogP contribution < -0.4 is 0 Å². The smallest absolute Gasteiger partial charge is 0.139 e. The number of carbonyl (C=O) groups excluding carboxylic acids is 1. The first kappa shape index (κ1) is 10.4. The summed E-state index contributed by atoms with van der Waals surface area (Å²) in [6.07, 6.45) is 0.625. The fourth-order valence-electron chi connectivity index (χ4n) is 0.642. The molecule has 0 aliphatic rings. The molecule has 1 nitrogen and oxygen atoms in total. The van der Waals surface area contributed by atoms with E-state index in [9.17, 15) is 4.79 Å². The van der Waals surface area contributed by atoms with Gasteiger partial charge in [-0.15, -0.1) is 0 Å². The quantitative estimate of drug-likeness (QED) is 0.571. The van der Waals surface area contributed by atoms with Crippen LogP contribution in [0.1, 0.15) is 41.0 Å². The summed E-state index contributed by atoms with van der Waals surface area (Å²) in [5.74, 6) is 0.507. The SMILES string of the molecule is CC(C)=C(C)CC(=O)C(C)C. The Balaban J connectivity index is 4.07. The standard InChI is InChI=1S/C10H18O/c1-7(2)9(5)6-10(11)8(3)4/h8H,6H2,1-5H3. The fourth-order valence-corrected chi connectivity index (χ4v) is 0.642. The second-order valence-corrected chi connectivity index (χ2v) is 3.58. The van der Waals surface area contributed by atoms with Crippen LogP contribution in [-0.4, -0.2) is 5.78 Å². The van der Waals surface area contributed by atoms with Crippen molar-refractivity contribution in [1.29, 1.82) is 0 Å². The molecule has 0 rings (SSSR count). The molecule has 0 aromatic heterocycles. The Labute approximate surface area is 69.5 Å². The number of rotatable bonds is 3. The van der Waals surface area contributed by atoms with Crippen LogP contribution in [0, 0.1) is 5.92 Å². The average Bonchev–Trinajstić information content (AvgIpc) is 1.87. The van der Waals surface area contributed by atoms with Crippen molar-refractivity contribution >= 4 is 5.78 Å². The van der Waals surface area contributed by atoms with E-state index in [1.54, 1.807) is 0 Å². The first-order chi connectivity index (χ1) is 4.95. The largest absolute Gasteiger partial charge is 0.299 e. The molecule has 0 fully saturated rings. The van der Waals surface area contributed by atoms with Crippen LogP contribution in [0.15, 0.2) is 11.1 Å². The predicted octanol–water partition coefficient (Wildman–Crippen LogP) is 2.96. The van der Waals surface area contributed by atoms with Crippen LogP contribution in [0.25, 0.3) is 0 Å². The van der Waals surface area contributed by atoms with Crippen molar-refractivity contribution in [2.24, 2.45) is 5.92 Å².